The molecule has 0 saturated heterocycles. The van der Waals surface area contributed by atoms with E-state index in [1.54, 1.807) is 36.4 Å². The van der Waals surface area contributed by atoms with Gasteiger partial charge in [0.15, 0.2) is 5.69 Å². The molecule has 7 heteroatoms. The van der Waals surface area contributed by atoms with Crippen molar-refractivity contribution in [2.24, 2.45) is 0 Å². The van der Waals surface area contributed by atoms with Gasteiger partial charge in [-0.05, 0) is 12.1 Å². The van der Waals surface area contributed by atoms with E-state index in [-0.39, 0.29) is 11.6 Å². The van der Waals surface area contributed by atoms with Gasteiger partial charge in [-0.1, -0.05) is 5.16 Å². The van der Waals surface area contributed by atoms with E-state index in [1.807, 2.05) is 5.38 Å². The fourth-order valence-corrected chi connectivity index (χ4v) is 1.96. The SMILES string of the molecule is Cc1nonc1C(=O)N(C)CCc1nccs1. The monoisotopic (exact) mass is 252 g/mol. The summed E-state index contributed by atoms with van der Waals surface area (Å²) in [6.45, 7) is 2.29. The van der Waals surface area contributed by atoms with E-state index in [1.165, 1.54) is 0 Å². The molecule has 1 amide bonds. The van der Waals surface area contributed by atoms with Gasteiger partial charge in [-0.25, -0.2) is 9.61 Å². The molecule has 6 nitrogen and oxygen atoms in total. The zero-order valence-electron chi connectivity index (χ0n) is 9.58. The van der Waals surface area contributed by atoms with Gasteiger partial charge in [0, 0.05) is 31.6 Å². The van der Waals surface area contributed by atoms with E-state index >= 15 is 0 Å². The van der Waals surface area contributed by atoms with E-state index in [4.69, 9.17) is 0 Å². The zero-order chi connectivity index (χ0) is 12.3. The summed E-state index contributed by atoms with van der Waals surface area (Å²) in [4.78, 5) is 17.7. The Labute approximate surface area is 102 Å². The highest BCUT2D eigenvalue weighted by Gasteiger charge is 2.19. The number of rotatable bonds is 4. The molecule has 0 saturated carbocycles. The Kier molecular flexibility index (Phi) is 3.48. The molecular weight excluding hydrogens is 240 g/mol. The van der Waals surface area contributed by atoms with Crippen molar-refractivity contribution in [3.63, 3.8) is 0 Å². The second-order valence-electron chi connectivity index (χ2n) is 3.60. The average Bonchev–Trinajstić information content (AvgIpc) is 2.95. The van der Waals surface area contributed by atoms with Crippen molar-refractivity contribution in [1.82, 2.24) is 20.2 Å². The van der Waals surface area contributed by atoms with Crippen LogP contribution in [0.2, 0.25) is 0 Å². The van der Waals surface area contributed by atoms with Crippen LogP contribution in [0.5, 0.6) is 0 Å². The smallest absolute Gasteiger partial charge is 0.277 e. The van der Waals surface area contributed by atoms with Crippen LogP contribution in [0.15, 0.2) is 16.2 Å². The third-order valence-corrected chi connectivity index (χ3v) is 3.19. The summed E-state index contributed by atoms with van der Waals surface area (Å²) in [7, 11) is 1.73. The van der Waals surface area contributed by atoms with Crippen LogP contribution in [0, 0.1) is 6.92 Å². The van der Waals surface area contributed by atoms with Gasteiger partial charge in [-0.2, -0.15) is 0 Å². The third-order valence-electron chi connectivity index (χ3n) is 2.35. The van der Waals surface area contributed by atoms with Crippen molar-refractivity contribution in [3.8, 4) is 0 Å². The summed E-state index contributed by atoms with van der Waals surface area (Å²) in [5.41, 5.74) is 0.780. The zero-order valence-corrected chi connectivity index (χ0v) is 10.4. The minimum Gasteiger partial charge on any atom is -0.340 e. The number of aryl methyl sites for hydroxylation is 1. The summed E-state index contributed by atoms with van der Waals surface area (Å²) in [6.07, 6.45) is 2.50. The van der Waals surface area contributed by atoms with Gasteiger partial charge >= 0.3 is 0 Å². The Morgan fingerprint density at radius 1 is 1.53 bits per heavy atom. The van der Waals surface area contributed by atoms with E-state index < -0.39 is 0 Å². The standard InChI is InChI=1S/C10H12N4O2S/c1-7-9(13-16-12-7)10(15)14(2)5-3-8-11-4-6-17-8/h4,6H,3,5H2,1-2H3. The second kappa shape index (κ2) is 5.05. The van der Waals surface area contributed by atoms with Crippen molar-refractivity contribution in [2.45, 2.75) is 13.3 Å². The molecule has 90 valence electrons. The maximum Gasteiger partial charge on any atom is 0.277 e. The van der Waals surface area contributed by atoms with Crippen LogP contribution >= 0.6 is 11.3 Å². The molecular formula is C10H12N4O2S. The van der Waals surface area contributed by atoms with Crippen LogP contribution < -0.4 is 0 Å². The number of aromatic nitrogens is 3. The molecule has 0 unspecified atom stereocenters. The van der Waals surface area contributed by atoms with Crippen LogP contribution in [-0.2, 0) is 6.42 Å². The molecule has 0 atom stereocenters. The summed E-state index contributed by atoms with van der Waals surface area (Å²) >= 11 is 1.58. The molecule has 0 aromatic carbocycles. The number of likely N-dealkylation sites (N-methyl/N-ethyl adjacent to an activating group) is 1. The van der Waals surface area contributed by atoms with Gasteiger partial charge in [-0.3, -0.25) is 4.79 Å². The topological polar surface area (TPSA) is 72.1 Å². The molecule has 0 spiro atoms. The van der Waals surface area contributed by atoms with E-state index in [9.17, 15) is 4.79 Å². The minimum atomic E-state index is -0.180. The molecule has 0 radical (unpaired) electrons. The van der Waals surface area contributed by atoms with Gasteiger partial charge in [0.2, 0.25) is 0 Å². The van der Waals surface area contributed by atoms with E-state index in [0.717, 1.165) is 11.4 Å². The van der Waals surface area contributed by atoms with Gasteiger partial charge in [0.1, 0.15) is 5.69 Å². The van der Waals surface area contributed by atoms with Gasteiger partial charge < -0.3 is 4.90 Å². The normalized spacial score (nSPS) is 10.5. The molecule has 17 heavy (non-hydrogen) atoms. The van der Waals surface area contributed by atoms with Crippen molar-refractivity contribution in [2.75, 3.05) is 13.6 Å². The molecule has 2 rings (SSSR count). The van der Waals surface area contributed by atoms with Crippen LogP contribution in [0.3, 0.4) is 0 Å². The van der Waals surface area contributed by atoms with Gasteiger partial charge in [-0.15, -0.1) is 11.3 Å². The lowest BCUT2D eigenvalue weighted by atomic mass is 10.3. The molecule has 0 fully saturated rings. The second-order valence-corrected chi connectivity index (χ2v) is 4.58. The fraction of sp³-hybridized carbons (Fsp3) is 0.400. The molecule has 2 aromatic heterocycles. The molecule has 0 aliphatic rings. The molecule has 0 aliphatic heterocycles. The number of carbonyl (C=O) groups is 1. The molecule has 0 N–H and O–H groups in total. The molecule has 2 aromatic rings. The Morgan fingerprint density at radius 2 is 2.35 bits per heavy atom. The third kappa shape index (κ3) is 2.68. The van der Waals surface area contributed by atoms with Gasteiger partial charge in [0.05, 0.1) is 5.01 Å². The summed E-state index contributed by atoms with van der Waals surface area (Å²) < 4.78 is 4.51. The minimum absolute atomic E-state index is 0.180. The number of nitrogens with zero attached hydrogens (tertiary/aromatic N) is 4. The largest absolute Gasteiger partial charge is 0.340 e. The van der Waals surface area contributed by atoms with Crippen LogP contribution in [0.4, 0.5) is 0 Å². The lowest BCUT2D eigenvalue weighted by Gasteiger charge is -2.14. The van der Waals surface area contributed by atoms with Crippen LogP contribution in [0.1, 0.15) is 21.2 Å². The van der Waals surface area contributed by atoms with E-state index in [0.29, 0.717) is 12.2 Å². The first-order chi connectivity index (χ1) is 8.18. The quantitative estimate of drug-likeness (QED) is 0.816. The average molecular weight is 252 g/mol. The number of thiazole rings is 1. The predicted octanol–water partition coefficient (Wildman–Crippen LogP) is 1.15. The summed E-state index contributed by atoms with van der Waals surface area (Å²) in [5.74, 6) is -0.180. The molecule has 0 aliphatic carbocycles. The highest BCUT2D eigenvalue weighted by molar-refractivity contribution is 7.09. The first kappa shape index (κ1) is 11.7. The van der Waals surface area contributed by atoms with Crippen molar-refractivity contribution in [1.29, 1.82) is 0 Å². The summed E-state index contributed by atoms with van der Waals surface area (Å²) in [5, 5.41) is 10.1. The van der Waals surface area contributed by atoms with Crippen molar-refractivity contribution in [3.05, 3.63) is 28.0 Å². The van der Waals surface area contributed by atoms with Crippen LogP contribution in [0.25, 0.3) is 0 Å². The number of amides is 1. The van der Waals surface area contributed by atoms with Crippen LogP contribution in [-0.4, -0.2) is 39.7 Å². The Hall–Kier alpha value is -1.76. The Bertz CT molecular complexity index is 494. The number of hydrogen-bond acceptors (Lipinski definition) is 6. The highest BCUT2D eigenvalue weighted by Crippen LogP contribution is 2.08. The maximum atomic E-state index is 11.9. The van der Waals surface area contributed by atoms with Crippen molar-refractivity contribution >= 4 is 17.2 Å². The fourth-order valence-electron chi connectivity index (χ4n) is 1.35. The lowest BCUT2D eigenvalue weighted by molar-refractivity contribution is 0.0785. The van der Waals surface area contributed by atoms with Gasteiger partial charge in [0.25, 0.3) is 5.91 Å². The Balaban J connectivity index is 1.94. The van der Waals surface area contributed by atoms with Crippen molar-refractivity contribution < 1.29 is 9.42 Å². The number of carbonyl (C=O) groups excluding carboxylic acids is 1. The predicted molar refractivity (Wildman–Crippen MR) is 61.8 cm³/mol. The molecule has 0 bridgehead atoms. The first-order valence-electron chi connectivity index (χ1n) is 5.11. The number of hydrogen-bond donors (Lipinski definition) is 0. The highest BCUT2D eigenvalue weighted by atomic mass is 32.1. The molecule has 2 heterocycles. The lowest BCUT2D eigenvalue weighted by Crippen LogP contribution is -2.29. The Morgan fingerprint density at radius 3 is 2.94 bits per heavy atom. The first-order valence-corrected chi connectivity index (χ1v) is 5.99. The van der Waals surface area contributed by atoms with E-state index in [2.05, 4.69) is 19.9 Å². The maximum absolute atomic E-state index is 11.9. The summed E-state index contributed by atoms with van der Waals surface area (Å²) in [6, 6.07) is 0.